The second-order valence-electron chi connectivity index (χ2n) is 3.44. The summed E-state index contributed by atoms with van der Waals surface area (Å²) in [7, 11) is 0. The fourth-order valence-corrected chi connectivity index (χ4v) is 1.35. The van der Waals surface area contributed by atoms with Crippen LogP contribution < -0.4 is 0 Å². The van der Waals surface area contributed by atoms with Gasteiger partial charge in [-0.1, -0.05) is 0 Å². The maximum Gasteiger partial charge on any atom is 0.0888 e. The molecule has 0 aliphatic rings. The van der Waals surface area contributed by atoms with E-state index in [4.69, 9.17) is 0 Å². The molecular formula is C12H13ClN2. The average molecular weight is 221 g/mol. The minimum absolute atomic E-state index is 0. The van der Waals surface area contributed by atoms with E-state index < -0.39 is 0 Å². The second kappa shape index (κ2) is 4.89. The highest BCUT2D eigenvalue weighted by atomic mass is 35.5. The zero-order chi connectivity index (χ0) is 9.97. The lowest BCUT2D eigenvalue weighted by molar-refractivity contribution is 1.21. The number of hydrogen-bond donors (Lipinski definition) is 0. The molecule has 2 aromatic heterocycles. The van der Waals surface area contributed by atoms with Gasteiger partial charge in [-0.2, -0.15) is 0 Å². The highest BCUT2D eigenvalue weighted by molar-refractivity contribution is 5.85. The summed E-state index contributed by atoms with van der Waals surface area (Å²) in [6.07, 6.45) is 3.63. The van der Waals surface area contributed by atoms with Crippen LogP contribution in [0.25, 0.3) is 11.4 Å². The molecule has 0 aliphatic heterocycles. The molecule has 0 radical (unpaired) electrons. The van der Waals surface area contributed by atoms with E-state index in [1.165, 1.54) is 11.1 Å². The van der Waals surface area contributed by atoms with Gasteiger partial charge in [-0.15, -0.1) is 12.4 Å². The van der Waals surface area contributed by atoms with Crippen molar-refractivity contribution in [2.75, 3.05) is 0 Å². The Kier molecular flexibility index (Phi) is 3.81. The number of aromatic nitrogens is 2. The van der Waals surface area contributed by atoms with Crippen molar-refractivity contribution in [3.8, 4) is 11.4 Å². The molecule has 0 saturated carbocycles. The Morgan fingerprint density at radius 3 is 1.53 bits per heavy atom. The van der Waals surface area contributed by atoms with E-state index >= 15 is 0 Å². The van der Waals surface area contributed by atoms with Crippen molar-refractivity contribution in [3.05, 3.63) is 47.8 Å². The SMILES string of the molecule is Cc1ccnc(-c2cc(C)ccn2)c1.Cl. The quantitative estimate of drug-likeness (QED) is 0.738. The lowest BCUT2D eigenvalue weighted by Crippen LogP contribution is -1.88. The Balaban J connectivity index is 0.00000112. The van der Waals surface area contributed by atoms with Crippen LogP contribution in [0.5, 0.6) is 0 Å². The Morgan fingerprint density at radius 1 is 0.800 bits per heavy atom. The molecule has 0 unspecified atom stereocenters. The zero-order valence-corrected chi connectivity index (χ0v) is 9.58. The van der Waals surface area contributed by atoms with Gasteiger partial charge in [0.2, 0.25) is 0 Å². The molecule has 3 heteroatoms. The summed E-state index contributed by atoms with van der Waals surface area (Å²) < 4.78 is 0. The Morgan fingerprint density at radius 2 is 1.20 bits per heavy atom. The third-order valence-corrected chi connectivity index (χ3v) is 2.09. The fourth-order valence-electron chi connectivity index (χ4n) is 1.35. The average Bonchev–Trinajstić information content (AvgIpc) is 2.18. The topological polar surface area (TPSA) is 25.8 Å². The molecule has 0 saturated heterocycles. The second-order valence-corrected chi connectivity index (χ2v) is 3.44. The van der Waals surface area contributed by atoms with Crippen LogP contribution in [0, 0.1) is 13.8 Å². The van der Waals surface area contributed by atoms with E-state index in [1.54, 1.807) is 0 Å². The number of aryl methyl sites for hydroxylation is 2. The summed E-state index contributed by atoms with van der Waals surface area (Å²) in [5.74, 6) is 0. The third-order valence-electron chi connectivity index (χ3n) is 2.09. The molecule has 0 atom stereocenters. The highest BCUT2D eigenvalue weighted by Crippen LogP contribution is 2.15. The number of halogens is 1. The third kappa shape index (κ3) is 2.77. The predicted molar refractivity (Wildman–Crippen MR) is 64.2 cm³/mol. The maximum atomic E-state index is 4.29. The standard InChI is InChI=1S/C12H12N2.ClH/c1-9-3-5-13-11(7-9)12-8-10(2)4-6-14-12;/h3-8H,1-2H3;1H. The van der Waals surface area contributed by atoms with Crippen LogP contribution in [0.1, 0.15) is 11.1 Å². The molecule has 0 aromatic carbocycles. The first-order valence-corrected chi connectivity index (χ1v) is 4.61. The van der Waals surface area contributed by atoms with Crippen LogP contribution in [-0.2, 0) is 0 Å². The van der Waals surface area contributed by atoms with E-state index in [0.717, 1.165) is 11.4 Å². The van der Waals surface area contributed by atoms with Crippen molar-refractivity contribution in [3.63, 3.8) is 0 Å². The van der Waals surface area contributed by atoms with Crippen molar-refractivity contribution in [2.45, 2.75) is 13.8 Å². The van der Waals surface area contributed by atoms with E-state index in [9.17, 15) is 0 Å². The molecule has 0 spiro atoms. The lowest BCUT2D eigenvalue weighted by atomic mass is 10.1. The molecule has 0 aliphatic carbocycles. The van der Waals surface area contributed by atoms with Crippen LogP contribution in [-0.4, -0.2) is 9.97 Å². The number of pyridine rings is 2. The van der Waals surface area contributed by atoms with Crippen molar-refractivity contribution in [2.24, 2.45) is 0 Å². The molecular weight excluding hydrogens is 208 g/mol. The maximum absolute atomic E-state index is 4.29. The first-order valence-electron chi connectivity index (χ1n) is 4.61. The molecule has 0 amide bonds. The molecule has 0 N–H and O–H groups in total. The Bertz CT molecular complexity index is 411. The highest BCUT2D eigenvalue weighted by Gasteiger charge is 2.00. The summed E-state index contributed by atoms with van der Waals surface area (Å²) in [4.78, 5) is 8.58. The molecule has 15 heavy (non-hydrogen) atoms. The van der Waals surface area contributed by atoms with Gasteiger partial charge in [0, 0.05) is 12.4 Å². The summed E-state index contributed by atoms with van der Waals surface area (Å²) in [6, 6.07) is 8.06. The van der Waals surface area contributed by atoms with Crippen molar-refractivity contribution in [1.29, 1.82) is 0 Å². The number of hydrogen-bond acceptors (Lipinski definition) is 2. The lowest BCUT2D eigenvalue weighted by Gasteiger charge is -2.01. The van der Waals surface area contributed by atoms with Gasteiger partial charge in [0.1, 0.15) is 0 Å². The van der Waals surface area contributed by atoms with Gasteiger partial charge in [0.25, 0.3) is 0 Å². The monoisotopic (exact) mass is 220 g/mol. The van der Waals surface area contributed by atoms with Gasteiger partial charge in [-0.25, -0.2) is 0 Å². The van der Waals surface area contributed by atoms with Gasteiger partial charge in [0.15, 0.2) is 0 Å². The summed E-state index contributed by atoms with van der Waals surface area (Å²) in [5.41, 5.74) is 4.29. The minimum Gasteiger partial charge on any atom is -0.255 e. The molecule has 78 valence electrons. The zero-order valence-electron chi connectivity index (χ0n) is 8.77. The molecule has 2 heterocycles. The van der Waals surface area contributed by atoms with E-state index in [0.29, 0.717) is 0 Å². The Hall–Kier alpha value is -1.41. The molecule has 2 nitrogen and oxygen atoms in total. The molecule has 2 rings (SSSR count). The Labute approximate surface area is 95.8 Å². The summed E-state index contributed by atoms with van der Waals surface area (Å²) >= 11 is 0. The van der Waals surface area contributed by atoms with Crippen molar-refractivity contribution < 1.29 is 0 Å². The van der Waals surface area contributed by atoms with Crippen LogP contribution in [0.2, 0.25) is 0 Å². The number of nitrogens with zero attached hydrogens (tertiary/aromatic N) is 2. The predicted octanol–water partition coefficient (Wildman–Crippen LogP) is 3.18. The summed E-state index contributed by atoms with van der Waals surface area (Å²) in [6.45, 7) is 4.11. The first kappa shape index (κ1) is 11.7. The van der Waals surface area contributed by atoms with Gasteiger partial charge in [-0.05, 0) is 49.2 Å². The fraction of sp³-hybridized carbons (Fsp3) is 0.167. The van der Waals surface area contributed by atoms with Gasteiger partial charge < -0.3 is 0 Å². The molecule has 2 aromatic rings. The van der Waals surface area contributed by atoms with Crippen LogP contribution in [0.15, 0.2) is 36.7 Å². The molecule has 0 bridgehead atoms. The first-order chi connectivity index (χ1) is 6.75. The normalized spacial score (nSPS) is 9.47. The van der Waals surface area contributed by atoms with Gasteiger partial charge >= 0.3 is 0 Å². The van der Waals surface area contributed by atoms with Crippen LogP contribution in [0.3, 0.4) is 0 Å². The van der Waals surface area contributed by atoms with E-state index in [2.05, 4.69) is 23.8 Å². The number of rotatable bonds is 1. The van der Waals surface area contributed by atoms with Gasteiger partial charge in [-0.3, -0.25) is 9.97 Å². The van der Waals surface area contributed by atoms with E-state index in [1.807, 2.05) is 36.7 Å². The summed E-state index contributed by atoms with van der Waals surface area (Å²) in [5, 5.41) is 0. The van der Waals surface area contributed by atoms with Gasteiger partial charge in [0.05, 0.1) is 11.4 Å². The van der Waals surface area contributed by atoms with E-state index in [-0.39, 0.29) is 12.4 Å². The van der Waals surface area contributed by atoms with Crippen LogP contribution >= 0.6 is 12.4 Å². The van der Waals surface area contributed by atoms with Crippen molar-refractivity contribution >= 4 is 12.4 Å². The smallest absolute Gasteiger partial charge is 0.0888 e. The van der Waals surface area contributed by atoms with Crippen molar-refractivity contribution in [1.82, 2.24) is 9.97 Å². The minimum atomic E-state index is 0. The molecule has 0 fully saturated rings. The van der Waals surface area contributed by atoms with Crippen LogP contribution in [0.4, 0.5) is 0 Å². The largest absolute Gasteiger partial charge is 0.255 e.